The van der Waals surface area contributed by atoms with Crippen molar-refractivity contribution in [3.63, 3.8) is 0 Å². The average Bonchev–Trinajstić information content (AvgIpc) is 3.53. The van der Waals surface area contributed by atoms with E-state index in [1.165, 1.54) is 59.1 Å². The molecule has 1 unspecified atom stereocenters. The summed E-state index contributed by atoms with van der Waals surface area (Å²) in [5.41, 5.74) is 12.3. The SMILES string of the molecule is C/C=C\C(=C/CC)N(c1ccc(-c2ccc3c(c2)sc2ccccc23)cc1)c1cccc(-c2cccc(C3=C4C=CC=CC4CC=C3)c2)c1. The predicted octanol–water partition coefficient (Wildman–Crippen LogP) is 13.9. The van der Waals surface area contributed by atoms with Crippen LogP contribution in [0.25, 0.3) is 48.0 Å². The highest BCUT2D eigenvalue weighted by Gasteiger charge is 2.19. The van der Waals surface area contributed by atoms with Gasteiger partial charge < -0.3 is 4.90 Å². The first kappa shape index (κ1) is 30.9. The Morgan fingerprint density at radius 2 is 1.45 bits per heavy atom. The van der Waals surface area contributed by atoms with Gasteiger partial charge in [-0.25, -0.2) is 0 Å². The molecule has 2 aliphatic rings. The molecule has 1 nitrogen and oxygen atoms in total. The molecule has 1 atom stereocenters. The first-order chi connectivity index (χ1) is 24.2. The third-order valence-corrected chi connectivity index (χ3v) is 10.7. The molecular formula is C47H39NS. The second-order valence-electron chi connectivity index (χ2n) is 12.7. The maximum atomic E-state index is 2.38. The van der Waals surface area contributed by atoms with Gasteiger partial charge in [0.2, 0.25) is 0 Å². The fraction of sp³-hybridized carbons (Fsp3) is 0.106. The van der Waals surface area contributed by atoms with Crippen LogP contribution >= 0.6 is 11.3 Å². The molecule has 0 saturated carbocycles. The van der Waals surface area contributed by atoms with E-state index >= 15 is 0 Å². The molecule has 0 saturated heterocycles. The van der Waals surface area contributed by atoms with Crippen molar-refractivity contribution in [1.82, 2.24) is 0 Å². The number of thiophene rings is 1. The molecule has 5 aromatic carbocycles. The van der Waals surface area contributed by atoms with E-state index in [9.17, 15) is 0 Å². The van der Waals surface area contributed by atoms with Gasteiger partial charge in [0, 0.05) is 43.2 Å². The lowest BCUT2D eigenvalue weighted by molar-refractivity contribution is 0.784. The Kier molecular flexibility index (Phi) is 8.56. The van der Waals surface area contributed by atoms with Crippen molar-refractivity contribution < 1.29 is 0 Å². The second kappa shape index (κ2) is 13.6. The van der Waals surface area contributed by atoms with Crippen molar-refractivity contribution >= 4 is 48.5 Å². The standard InChI is InChI=1S/C47H39NS/c1-3-12-39(13-4-2)48(40-27-24-33(25-28-40)37-26-29-45-44-21-7-8-23-46(44)49-47(45)32-37)41-19-10-17-36(31-41)35-16-9-18-38(30-35)43-22-11-15-34-14-5-6-20-42(34)43/h3,5-14,16-32,34H,4,15H2,1-2H3/b12-3-,39-13+. The van der Waals surface area contributed by atoms with E-state index in [0.717, 1.165) is 29.9 Å². The van der Waals surface area contributed by atoms with Crippen LogP contribution in [0, 0.1) is 5.92 Å². The minimum absolute atomic E-state index is 0.464. The van der Waals surface area contributed by atoms with E-state index in [2.05, 4.69) is 189 Å². The number of anilines is 2. The zero-order chi connectivity index (χ0) is 33.2. The topological polar surface area (TPSA) is 3.24 Å². The summed E-state index contributed by atoms with van der Waals surface area (Å²) in [6, 6.07) is 42.6. The molecule has 0 bridgehead atoms. The summed E-state index contributed by atoms with van der Waals surface area (Å²) in [6.07, 6.45) is 22.2. The number of allylic oxidation sites excluding steroid dienone is 11. The van der Waals surface area contributed by atoms with Crippen LogP contribution in [-0.4, -0.2) is 0 Å². The van der Waals surface area contributed by atoms with Crippen LogP contribution in [0.2, 0.25) is 0 Å². The third kappa shape index (κ3) is 6.05. The van der Waals surface area contributed by atoms with Gasteiger partial charge in [-0.3, -0.25) is 0 Å². The van der Waals surface area contributed by atoms with Gasteiger partial charge >= 0.3 is 0 Å². The molecule has 0 aliphatic heterocycles. The Morgan fingerprint density at radius 3 is 2.31 bits per heavy atom. The van der Waals surface area contributed by atoms with Gasteiger partial charge in [0.1, 0.15) is 0 Å². The summed E-state index contributed by atoms with van der Waals surface area (Å²) in [6.45, 7) is 4.29. The van der Waals surface area contributed by atoms with Crippen LogP contribution in [0.15, 0.2) is 181 Å². The highest BCUT2D eigenvalue weighted by atomic mass is 32.1. The molecule has 0 spiro atoms. The van der Waals surface area contributed by atoms with Crippen LogP contribution in [0.4, 0.5) is 11.4 Å². The van der Waals surface area contributed by atoms with E-state index in [1.807, 2.05) is 11.3 Å². The Bertz CT molecular complexity index is 2360. The monoisotopic (exact) mass is 649 g/mol. The minimum atomic E-state index is 0.464. The fourth-order valence-electron chi connectivity index (χ4n) is 7.23. The maximum Gasteiger partial charge on any atom is 0.0467 e. The molecule has 6 aromatic rings. The van der Waals surface area contributed by atoms with Crippen LogP contribution in [0.3, 0.4) is 0 Å². The Balaban J connectivity index is 1.16. The molecule has 0 fully saturated rings. The Hall–Kier alpha value is -5.44. The molecule has 1 aromatic heterocycles. The molecule has 0 N–H and O–H groups in total. The summed E-state index contributed by atoms with van der Waals surface area (Å²) in [7, 11) is 0. The van der Waals surface area contributed by atoms with Crippen LogP contribution < -0.4 is 4.90 Å². The maximum absolute atomic E-state index is 2.38. The van der Waals surface area contributed by atoms with Crippen molar-refractivity contribution in [2.75, 3.05) is 4.90 Å². The van der Waals surface area contributed by atoms with E-state index in [4.69, 9.17) is 0 Å². The molecule has 2 aliphatic carbocycles. The normalized spacial score (nSPS) is 15.9. The zero-order valence-corrected chi connectivity index (χ0v) is 28.8. The summed E-state index contributed by atoms with van der Waals surface area (Å²) in [4.78, 5) is 2.38. The van der Waals surface area contributed by atoms with E-state index in [1.54, 1.807) is 0 Å². The van der Waals surface area contributed by atoms with Crippen LogP contribution in [-0.2, 0) is 0 Å². The lowest BCUT2D eigenvalue weighted by Gasteiger charge is -2.27. The number of hydrogen-bond acceptors (Lipinski definition) is 2. The Labute approximate surface area is 293 Å². The average molecular weight is 650 g/mol. The highest BCUT2D eigenvalue weighted by molar-refractivity contribution is 7.25. The second-order valence-corrected chi connectivity index (χ2v) is 13.8. The predicted molar refractivity (Wildman–Crippen MR) is 214 cm³/mol. The first-order valence-corrected chi connectivity index (χ1v) is 18.1. The van der Waals surface area contributed by atoms with Crippen molar-refractivity contribution in [2.24, 2.45) is 5.92 Å². The molecule has 0 amide bonds. The van der Waals surface area contributed by atoms with E-state index in [-0.39, 0.29) is 0 Å². The van der Waals surface area contributed by atoms with Crippen molar-refractivity contribution in [1.29, 1.82) is 0 Å². The van der Waals surface area contributed by atoms with Gasteiger partial charge in [0.25, 0.3) is 0 Å². The highest BCUT2D eigenvalue weighted by Crippen LogP contribution is 2.40. The molecule has 49 heavy (non-hydrogen) atoms. The minimum Gasteiger partial charge on any atom is -0.311 e. The van der Waals surface area contributed by atoms with Crippen LogP contribution in [0.1, 0.15) is 32.3 Å². The summed E-state index contributed by atoms with van der Waals surface area (Å²) in [5.74, 6) is 0.464. The summed E-state index contributed by atoms with van der Waals surface area (Å²) < 4.78 is 2.67. The molecule has 0 radical (unpaired) electrons. The van der Waals surface area contributed by atoms with Crippen molar-refractivity contribution in [2.45, 2.75) is 26.7 Å². The number of benzene rings is 5. The number of rotatable bonds is 8. The van der Waals surface area contributed by atoms with Gasteiger partial charge in [-0.1, -0.05) is 128 Å². The number of nitrogens with zero attached hydrogens (tertiary/aromatic N) is 1. The molecule has 1 heterocycles. The molecule has 8 rings (SSSR count). The van der Waals surface area contributed by atoms with E-state index < -0.39 is 0 Å². The number of fused-ring (bicyclic) bond motifs is 4. The first-order valence-electron chi connectivity index (χ1n) is 17.3. The molecular weight excluding hydrogens is 611 g/mol. The lowest BCUT2D eigenvalue weighted by Crippen LogP contribution is -2.15. The van der Waals surface area contributed by atoms with Gasteiger partial charge in [-0.2, -0.15) is 0 Å². The Morgan fingerprint density at radius 1 is 0.694 bits per heavy atom. The zero-order valence-electron chi connectivity index (χ0n) is 28.0. The van der Waals surface area contributed by atoms with Gasteiger partial charge in [0.05, 0.1) is 0 Å². The third-order valence-electron chi connectivity index (χ3n) is 9.57. The fourth-order valence-corrected chi connectivity index (χ4v) is 8.38. The van der Waals surface area contributed by atoms with Crippen molar-refractivity contribution in [3.05, 3.63) is 187 Å². The smallest absolute Gasteiger partial charge is 0.0467 e. The molecule has 238 valence electrons. The van der Waals surface area contributed by atoms with Gasteiger partial charge in [-0.05, 0) is 107 Å². The van der Waals surface area contributed by atoms with Gasteiger partial charge in [-0.15, -0.1) is 11.3 Å². The largest absolute Gasteiger partial charge is 0.311 e. The van der Waals surface area contributed by atoms with Gasteiger partial charge in [0.15, 0.2) is 0 Å². The molecule has 2 heteroatoms. The number of hydrogen-bond donors (Lipinski definition) is 0. The van der Waals surface area contributed by atoms with Crippen LogP contribution in [0.5, 0.6) is 0 Å². The lowest BCUT2D eigenvalue weighted by atomic mass is 9.81. The summed E-state index contributed by atoms with van der Waals surface area (Å²) >= 11 is 1.87. The quantitative estimate of drug-likeness (QED) is 0.148. The van der Waals surface area contributed by atoms with E-state index in [0.29, 0.717) is 5.92 Å². The van der Waals surface area contributed by atoms with Crippen molar-refractivity contribution in [3.8, 4) is 22.3 Å². The summed E-state index contributed by atoms with van der Waals surface area (Å²) in [5, 5.41) is 2.67.